The molecule has 2 heterocycles. The Morgan fingerprint density at radius 3 is 2.71 bits per heavy atom. The number of anilines is 1. The molecule has 1 aliphatic rings. The average Bonchev–Trinajstić information content (AvgIpc) is 2.77. The van der Waals surface area contributed by atoms with Gasteiger partial charge in [0.1, 0.15) is 5.82 Å². The first kappa shape index (κ1) is 15.1. The van der Waals surface area contributed by atoms with E-state index in [1.165, 1.54) is 17.4 Å². The molecule has 1 aliphatic heterocycles. The molecule has 3 rings (SSSR count). The smallest absolute Gasteiger partial charge is 0.224 e. The summed E-state index contributed by atoms with van der Waals surface area (Å²) in [5.41, 5.74) is 8.13. The molecule has 3 N–H and O–H groups in total. The summed E-state index contributed by atoms with van der Waals surface area (Å²) >= 11 is 8.30. The van der Waals surface area contributed by atoms with E-state index < -0.39 is 11.9 Å². The minimum absolute atomic E-state index is 0.0786. The molecule has 2 aromatic rings. The third kappa shape index (κ3) is 2.92. The predicted molar refractivity (Wildman–Crippen MR) is 89.1 cm³/mol. The van der Waals surface area contributed by atoms with Crippen LogP contribution in [-0.4, -0.2) is 5.91 Å². The van der Waals surface area contributed by atoms with Gasteiger partial charge in [-0.1, -0.05) is 0 Å². The average molecular weight is 434 g/mol. The Kier molecular flexibility index (Phi) is 4.18. The maximum Gasteiger partial charge on any atom is 0.224 e. The zero-order valence-electron chi connectivity index (χ0n) is 10.8. The van der Waals surface area contributed by atoms with E-state index in [9.17, 15) is 9.18 Å². The van der Waals surface area contributed by atoms with Crippen molar-refractivity contribution in [3.8, 4) is 0 Å². The number of nitrogens with two attached hydrogens (primary N) is 1. The van der Waals surface area contributed by atoms with Crippen molar-refractivity contribution < 1.29 is 9.18 Å². The van der Waals surface area contributed by atoms with Gasteiger partial charge < -0.3 is 11.1 Å². The number of carbonyl (C=O) groups is 1. The van der Waals surface area contributed by atoms with Crippen molar-refractivity contribution in [1.29, 1.82) is 0 Å². The van der Waals surface area contributed by atoms with Crippen LogP contribution in [0.1, 0.15) is 28.5 Å². The first-order valence-electron chi connectivity index (χ1n) is 6.28. The highest BCUT2D eigenvalue weighted by atomic mass is 79.9. The summed E-state index contributed by atoms with van der Waals surface area (Å²) in [7, 11) is 0. The van der Waals surface area contributed by atoms with E-state index in [4.69, 9.17) is 5.73 Å². The molecule has 21 heavy (non-hydrogen) atoms. The van der Waals surface area contributed by atoms with Crippen LogP contribution in [0.2, 0.25) is 0 Å². The van der Waals surface area contributed by atoms with E-state index in [-0.39, 0.29) is 5.91 Å². The van der Waals surface area contributed by atoms with Gasteiger partial charge in [0.2, 0.25) is 5.91 Å². The number of nitrogens with one attached hydrogen (secondary N) is 1. The number of amides is 1. The largest absolute Gasteiger partial charge is 0.326 e. The second-order valence-corrected chi connectivity index (χ2v) is 8.08. The van der Waals surface area contributed by atoms with E-state index in [1.807, 2.05) is 6.07 Å². The predicted octanol–water partition coefficient (Wildman–Crippen LogP) is 4.35. The molecular weight excluding hydrogens is 423 g/mol. The molecule has 7 heteroatoms. The van der Waals surface area contributed by atoms with Crippen LogP contribution in [0.5, 0.6) is 0 Å². The zero-order chi connectivity index (χ0) is 15.1. The van der Waals surface area contributed by atoms with Crippen molar-refractivity contribution >= 4 is 54.8 Å². The summed E-state index contributed by atoms with van der Waals surface area (Å²) in [6.07, 6.45) is 1.03. The molecule has 0 bridgehead atoms. The SMILES string of the molecule is NC(c1cc(Br)c(Br)s1)c1cc2c(cc1F)NC(=O)CC2. The first-order chi connectivity index (χ1) is 9.95. The van der Waals surface area contributed by atoms with E-state index in [0.717, 1.165) is 18.7 Å². The lowest BCUT2D eigenvalue weighted by molar-refractivity contribution is -0.116. The van der Waals surface area contributed by atoms with Gasteiger partial charge in [-0.15, -0.1) is 11.3 Å². The molecule has 0 fully saturated rings. The van der Waals surface area contributed by atoms with Gasteiger partial charge in [0.25, 0.3) is 0 Å². The highest BCUT2D eigenvalue weighted by molar-refractivity contribution is 9.13. The van der Waals surface area contributed by atoms with Crippen molar-refractivity contribution in [2.24, 2.45) is 5.73 Å². The van der Waals surface area contributed by atoms with Gasteiger partial charge in [-0.3, -0.25) is 4.79 Å². The van der Waals surface area contributed by atoms with Crippen molar-refractivity contribution in [1.82, 2.24) is 0 Å². The van der Waals surface area contributed by atoms with Gasteiger partial charge in [-0.25, -0.2) is 4.39 Å². The molecule has 3 nitrogen and oxygen atoms in total. The van der Waals surface area contributed by atoms with E-state index in [0.29, 0.717) is 24.1 Å². The van der Waals surface area contributed by atoms with Crippen molar-refractivity contribution in [3.63, 3.8) is 0 Å². The zero-order valence-corrected chi connectivity index (χ0v) is 14.7. The maximum atomic E-state index is 14.3. The topological polar surface area (TPSA) is 55.1 Å². The number of benzene rings is 1. The number of fused-ring (bicyclic) bond motifs is 1. The minimum Gasteiger partial charge on any atom is -0.326 e. The number of aryl methyl sites for hydroxylation is 1. The number of thiophene rings is 1. The van der Waals surface area contributed by atoms with Crippen LogP contribution in [0.25, 0.3) is 0 Å². The molecular formula is C14H11Br2FN2OS. The second-order valence-electron chi connectivity index (χ2n) is 4.83. The third-order valence-electron chi connectivity index (χ3n) is 3.42. The van der Waals surface area contributed by atoms with Gasteiger partial charge in [-0.2, -0.15) is 0 Å². The molecule has 0 saturated carbocycles. The summed E-state index contributed by atoms with van der Waals surface area (Å²) in [5.74, 6) is -0.478. The molecule has 1 unspecified atom stereocenters. The van der Waals surface area contributed by atoms with Gasteiger partial charge in [0.05, 0.1) is 9.83 Å². The number of rotatable bonds is 2. The number of halogens is 3. The highest BCUT2D eigenvalue weighted by Gasteiger charge is 2.22. The fourth-order valence-electron chi connectivity index (χ4n) is 2.33. The lowest BCUT2D eigenvalue weighted by atomic mass is 9.96. The Hall–Kier alpha value is -0.760. The van der Waals surface area contributed by atoms with Gasteiger partial charge in [0, 0.05) is 27.0 Å². The molecule has 1 amide bonds. The molecule has 1 aromatic heterocycles. The fraction of sp³-hybridized carbons (Fsp3) is 0.214. The summed E-state index contributed by atoms with van der Waals surface area (Å²) in [4.78, 5) is 12.2. The monoisotopic (exact) mass is 432 g/mol. The van der Waals surface area contributed by atoms with Crippen LogP contribution in [0, 0.1) is 5.82 Å². The second kappa shape index (κ2) is 5.79. The summed E-state index contributed by atoms with van der Waals surface area (Å²) in [6, 6.07) is 4.48. The highest BCUT2D eigenvalue weighted by Crippen LogP contribution is 2.38. The lowest BCUT2D eigenvalue weighted by Crippen LogP contribution is -2.21. The van der Waals surface area contributed by atoms with Crippen LogP contribution in [0.4, 0.5) is 10.1 Å². The minimum atomic E-state index is -0.527. The Balaban J connectivity index is 2.00. The lowest BCUT2D eigenvalue weighted by Gasteiger charge is -2.20. The van der Waals surface area contributed by atoms with Gasteiger partial charge in [-0.05, 0) is 62.0 Å². The molecule has 110 valence electrons. The molecule has 0 aliphatic carbocycles. The summed E-state index contributed by atoms with van der Waals surface area (Å²) < 4.78 is 16.1. The summed E-state index contributed by atoms with van der Waals surface area (Å²) in [5, 5.41) is 2.69. The van der Waals surface area contributed by atoms with Gasteiger partial charge >= 0.3 is 0 Å². The summed E-state index contributed by atoms with van der Waals surface area (Å²) in [6.45, 7) is 0. The van der Waals surface area contributed by atoms with E-state index >= 15 is 0 Å². The molecule has 0 spiro atoms. The van der Waals surface area contributed by atoms with Crippen molar-refractivity contribution in [3.05, 3.63) is 48.3 Å². The normalized spacial score (nSPS) is 15.5. The van der Waals surface area contributed by atoms with Crippen LogP contribution in [0.15, 0.2) is 26.5 Å². The Labute approximate surface area is 142 Å². The Bertz CT molecular complexity index is 713. The Morgan fingerprint density at radius 1 is 1.29 bits per heavy atom. The number of hydrogen-bond acceptors (Lipinski definition) is 3. The van der Waals surface area contributed by atoms with Crippen LogP contribution >= 0.6 is 43.2 Å². The standard InChI is InChI=1S/C14H11Br2FN2OS/c15-8-4-11(21-14(8)16)13(18)7-3-6-1-2-12(20)19-10(6)5-9(7)17/h3-5,13H,1-2,18H2,(H,19,20). The molecule has 0 saturated heterocycles. The Morgan fingerprint density at radius 2 is 2.05 bits per heavy atom. The number of hydrogen-bond donors (Lipinski definition) is 2. The molecule has 1 atom stereocenters. The number of carbonyl (C=O) groups excluding carboxylic acids is 1. The molecule has 0 radical (unpaired) electrons. The van der Waals surface area contributed by atoms with Crippen LogP contribution in [-0.2, 0) is 11.2 Å². The molecule has 1 aromatic carbocycles. The third-order valence-corrected chi connectivity index (χ3v) is 6.76. The first-order valence-corrected chi connectivity index (χ1v) is 8.68. The maximum absolute atomic E-state index is 14.3. The van der Waals surface area contributed by atoms with E-state index in [1.54, 1.807) is 6.07 Å². The quantitative estimate of drug-likeness (QED) is 0.739. The van der Waals surface area contributed by atoms with Crippen molar-refractivity contribution in [2.45, 2.75) is 18.9 Å². The van der Waals surface area contributed by atoms with Crippen LogP contribution < -0.4 is 11.1 Å². The van der Waals surface area contributed by atoms with Crippen molar-refractivity contribution in [2.75, 3.05) is 5.32 Å². The van der Waals surface area contributed by atoms with E-state index in [2.05, 4.69) is 37.2 Å². The van der Waals surface area contributed by atoms with Crippen LogP contribution in [0.3, 0.4) is 0 Å². The fourth-order valence-corrected chi connectivity index (χ4v) is 4.44. The van der Waals surface area contributed by atoms with Gasteiger partial charge in [0.15, 0.2) is 0 Å².